The first kappa shape index (κ1) is 21.1. The Bertz CT molecular complexity index is 1030. The topological polar surface area (TPSA) is 64.7 Å². The van der Waals surface area contributed by atoms with Gasteiger partial charge in [-0.2, -0.15) is 23.4 Å². The van der Waals surface area contributed by atoms with E-state index in [0.717, 1.165) is 11.1 Å². The molecule has 154 valence electrons. The van der Waals surface area contributed by atoms with Crippen molar-refractivity contribution in [2.75, 3.05) is 5.32 Å². The van der Waals surface area contributed by atoms with E-state index in [1.807, 2.05) is 31.2 Å². The van der Waals surface area contributed by atoms with E-state index < -0.39 is 11.9 Å². The van der Waals surface area contributed by atoms with Crippen LogP contribution in [0.15, 0.2) is 41.1 Å². The van der Waals surface area contributed by atoms with E-state index in [2.05, 4.69) is 31.4 Å². The van der Waals surface area contributed by atoms with Crippen LogP contribution in [0.25, 0.3) is 0 Å². The zero-order valence-corrected chi connectivity index (χ0v) is 17.4. The maximum absolute atomic E-state index is 12.9. The summed E-state index contributed by atoms with van der Waals surface area (Å²) in [7, 11) is 0. The molecule has 29 heavy (non-hydrogen) atoms. The van der Waals surface area contributed by atoms with Crippen molar-refractivity contribution in [3.8, 4) is 0 Å². The lowest BCUT2D eigenvalue weighted by molar-refractivity contribution is -0.142. The van der Waals surface area contributed by atoms with Gasteiger partial charge in [0.25, 0.3) is 0 Å². The third-order valence-corrected chi connectivity index (χ3v) is 5.41. The quantitative estimate of drug-likeness (QED) is 0.575. The predicted octanol–water partition coefficient (Wildman–Crippen LogP) is 4.55. The van der Waals surface area contributed by atoms with Crippen LogP contribution in [0.5, 0.6) is 0 Å². The molecule has 3 aromatic rings. The van der Waals surface area contributed by atoms with Gasteiger partial charge < -0.3 is 5.32 Å². The standard InChI is InChI=1S/C19H19BrF3N5O/c1-12-5-3-4-6-14(12)10-27-11-15(9-24-27)25-16(29)7-8-28-13(2)17(20)18(26-28)19(21,22)23/h3-6,9,11H,7-8,10H2,1-2H3,(H,25,29). The largest absolute Gasteiger partial charge is 0.436 e. The Hall–Kier alpha value is -2.62. The number of halogens is 4. The Kier molecular flexibility index (Phi) is 6.11. The SMILES string of the molecule is Cc1ccccc1Cn1cc(NC(=O)CCn2nc(C(F)(F)F)c(Br)c2C)cn1. The fourth-order valence-electron chi connectivity index (χ4n) is 2.83. The highest BCUT2D eigenvalue weighted by Crippen LogP contribution is 2.35. The highest BCUT2D eigenvalue weighted by molar-refractivity contribution is 9.10. The summed E-state index contributed by atoms with van der Waals surface area (Å²) in [5.41, 5.74) is 2.11. The van der Waals surface area contributed by atoms with Crippen LogP contribution in [0.4, 0.5) is 18.9 Å². The van der Waals surface area contributed by atoms with E-state index in [1.165, 1.54) is 17.8 Å². The van der Waals surface area contributed by atoms with Gasteiger partial charge in [0.2, 0.25) is 5.91 Å². The van der Waals surface area contributed by atoms with Crippen molar-refractivity contribution in [2.45, 2.75) is 39.5 Å². The molecule has 3 rings (SSSR count). The Balaban J connectivity index is 1.58. The van der Waals surface area contributed by atoms with Crippen LogP contribution < -0.4 is 5.32 Å². The highest BCUT2D eigenvalue weighted by atomic mass is 79.9. The zero-order valence-electron chi connectivity index (χ0n) is 15.8. The molecule has 0 saturated carbocycles. The van der Waals surface area contributed by atoms with Crippen LogP contribution in [0.1, 0.15) is 28.9 Å². The highest BCUT2D eigenvalue weighted by Gasteiger charge is 2.37. The third kappa shape index (κ3) is 5.06. The number of nitrogens with one attached hydrogen (secondary N) is 1. The number of hydrogen-bond donors (Lipinski definition) is 1. The second-order valence-corrected chi connectivity index (χ2v) is 7.41. The molecule has 0 bridgehead atoms. The van der Waals surface area contributed by atoms with Crippen LogP contribution in [0.2, 0.25) is 0 Å². The molecule has 1 aromatic carbocycles. The molecular weight excluding hydrogens is 451 g/mol. The number of amides is 1. The molecule has 1 amide bonds. The number of rotatable bonds is 6. The number of aryl methyl sites for hydroxylation is 2. The van der Waals surface area contributed by atoms with Crippen molar-refractivity contribution in [1.82, 2.24) is 19.6 Å². The lowest BCUT2D eigenvalue weighted by Crippen LogP contribution is -2.16. The van der Waals surface area contributed by atoms with Crippen molar-refractivity contribution < 1.29 is 18.0 Å². The number of nitrogens with zero attached hydrogens (tertiary/aromatic N) is 4. The molecular formula is C19H19BrF3N5O. The molecule has 0 aliphatic rings. The Morgan fingerprint density at radius 2 is 1.97 bits per heavy atom. The van der Waals surface area contributed by atoms with Gasteiger partial charge in [0.05, 0.1) is 35.1 Å². The summed E-state index contributed by atoms with van der Waals surface area (Å²) >= 11 is 2.92. The molecule has 0 radical (unpaired) electrons. The van der Waals surface area contributed by atoms with Crippen LogP contribution in [0.3, 0.4) is 0 Å². The maximum Gasteiger partial charge on any atom is 0.436 e. The first-order valence-electron chi connectivity index (χ1n) is 8.82. The molecule has 10 heteroatoms. The number of hydrogen-bond acceptors (Lipinski definition) is 3. The average molecular weight is 470 g/mol. The second-order valence-electron chi connectivity index (χ2n) is 6.62. The smallest absolute Gasteiger partial charge is 0.323 e. The first-order chi connectivity index (χ1) is 13.6. The zero-order chi connectivity index (χ0) is 21.2. The molecule has 2 aromatic heterocycles. The fraction of sp³-hybridized carbons (Fsp3) is 0.316. The minimum absolute atomic E-state index is 0.0186. The molecule has 6 nitrogen and oxygen atoms in total. The molecule has 0 saturated heterocycles. The minimum atomic E-state index is -4.55. The lowest BCUT2D eigenvalue weighted by Gasteiger charge is -2.06. The molecule has 0 aliphatic carbocycles. The van der Waals surface area contributed by atoms with Crippen molar-refractivity contribution in [3.63, 3.8) is 0 Å². The summed E-state index contributed by atoms with van der Waals surface area (Å²) < 4.78 is 41.5. The fourth-order valence-corrected chi connectivity index (χ4v) is 3.34. The van der Waals surface area contributed by atoms with Crippen LogP contribution >= 0.6 is 15.9 Å². The molecule has 0 unspecified atom stereocenters. The van der Waals surface area contributed by atoms with Gasteiger partial charge in [-0.15, -0.1) is 0 Å². The number of alkyl halides is 3. The molecule has 1 N–H and O–H groups in total. The number of carbonyl (C=O) groups excluding carboxylic acids is 1. The average Bonchev–Trinajstić information content (AvgIpc) is 3.20. The van der Waals surface area contributed by atoms with E-state index in [4.69, 9.17) is 0 Å². The summed E-state index contributed by atoms with van der Waals surface area (Å²) in [4.78, 5) is 12.2. The van der Waals surface area contributed by atoms with Gasteiger partial charge in [0.15, 0.2) is 5.69 Å². The van der Waals surface area contributed by atoms with E-state index >= 15 is 0 Å². The van der Waals surface area contributed by atoms with Gasteiger partial charge >= 0.3 is 6.18 Å². The van der Waals surface area contributed by atoms with Gasteiger partial charge in [-0.3, -0.25) is 14.2 Å². The molecule has 2 heterocycles. The van der Waals surface area contributed by atoms with E-state index in [9.17, 15) is 18.0 Å². The Morgan fingerprint density at radius 3 is 2.62 bits per heavy atom. The number of carbonyl (C=O) groups is 1. The molecule has 0 spiro atoms. The second kappa shape index (κ2) is 8.40. The van der Waals surface area contributed by atoms with Gasteiger partial charge in [-0.25, -0.2) is 0 Å². The van der Waals surface area contributed by atoms with Crippen molar-refractivity contribution in [1.29, 1.82) is 0 Å². The van der Waals surface area contributed by atoms with Gasteiger partial charge in [0.1, 0.15) is 0 Å². The first-order valence-corrected chi connectivity index (χ1v) is 9.61. The Morgan fingerprint density at radius 1 is 1.24 bits per heavy atom. The summed E-state index contributed by atoms with van der Waals surface area (Å²) in [5.74, 6) is -0.333. The van der Waals surface area contributed by atoms with Crippen molar-refractivity contribution in [2.24, 2.45) is 0 Å². The number of anilines is 1. The monoisotopic (exact) mass is 469 g/mol. The number of benzene rings is 1. The van der Waals surface area contributed by atoms with Gasteiger partial charge in [0, 0.05) is 12.6 Å². The molecule has 0 aliphatic heterocycles. The summed E-state index contributed by atoms with van der Waals surface area (Å²) in [6.07, 6.45) is -1.33. The molecule has 0 atom stereocenters. The van der Waals surface area contributed by atoms with Gasteiger partial charge in [-0.1, -0.05) is 24.3 Å². The van der Waals surface area contributed by atoms with Crippen LogP contribution in [-0.4, -0.2) is 25.5 Å². The van der Waals surface area contributed by atoms with E-state index in [0.29, 0.717) is 17.9 Å². The van der Waals surface area contributed by atoms with Crippen molar-refractivity contribution in [3.05, 3.63) is 63.6 Å². The van der Waals surface area contributed by atoms with E-state index in [-0.39, 0.29) is 23.3 Å². The van der Waals surface area contributed by atoms with Gasteiger partial charge in [-0.05, 0) is 40.9 Å². The number of aromatic nitrogens is 4. The minimum Gasteiger partial charge on any atom is -0.323 e. The third-order valence-electron chi connectivity index (χ3n) is 4.46. The normalized spacial score (nSPS) is 11.7. The molecule has 0 fully saturated rings. The van der Waals surface area contributed by atoms with Crippen LogP contribution in [-0.2, 0) is 24.1 Å². The van der Waals surface area contributed by atoms with E-state index in [1.54, 1.807) is 10.9 Å². The summed E-state index contributed by atoms with van der Waals surface area (Å²) in [6.45, 7) is 4.13. The maximum atomic E-state index is 12.9. The lowest BCUT2D eigenvalue weighted by atomic mass is 10.1. The summed E-state index contributed by atoms with van der Waals surface area (Å²) in [5, 5.41) is 10.5. The predicted molar refractivity (Wildman–Crippen MR) is 105 cm³/mol. The summed E-state index contributed by atoms with van der Waals surface area (Å²) in [6, 6.07) is 7.94. The van der Waals surface area contributed by atoms with Crippen molar-refractivity contribution >= 4 is 27.5 Å². The Labute approximate surface area is 173 Å². The van der Waals surface area contributed by atoms with Crippen LogP contribution in [0, 0.1) is 13.8 Å².